The number of hydrogen-bond donors (Lipinski definition) is 5. The van der Waals surface area contributed by atoms with Crippen LogP contribution in [-0.4, -0.2) is 148 Å². The number of rotatable bonds is 20. The van der Waals surface area contributed by atoms with E-state index in [1.165, 1.54) is 0 Å². The molecule has 0 aromatic rings. The van der Waals surface area contributed by atoms with Crippen molar-refractivity contribution in [3.63, 3.8) is 0 Å². The summed E-state index contributed by atoms with van der Waals surface area (Å²) in [5, 5.41) is 44.5. The predicted molar refractivity (Wildman–Crippen MR) is 173 cm³/mol. The van der Waals surface area contributed by atoms with Gasteiger partial charge in [-0.25, -0.2) is 0 Å². The lowest BCUT2D eigenvalue weighted by molar-refractivity contribution is -0.230. The summed E-state index contributed by atoms with van der Waals surface area (Å²) in [6.45, 7) is 18.2. The van der Waals surface area contributed by atoms with Crippen LogP contribution in [0.2, 0.25) is 0 Å². The molecule has 6 unspecified atom stereocenters. The Labute approximate surface area is 272 Å². The first-order valence-corrected chi connectivity index (χ1v) is 16.1. The highest BCUT2D eigenvalue weighted by Crippen LogP contribution is 2.25. The maximum absolute atomic E-state index is 9.00. The highest BCUT2D eigenvalue weighted by atomic mass is 16.6. The minimum atomic E-state index is -0.599. The van der Waals surface area contributed by atoms with Crippen molar-refractivity contribution in [1.29, 1.82) is 0 Å². The molecule has 12 heteroatoms. The monoisotopic (exact) mass is 654 g/mol. The topological polar surface area (TPSA) is 166 Å². The number of hydrogen-bond acceptors (Lipinski definition) is 12. The zero-order chi connectivity index (χ0) is 34.7. The molecule has 1 rings (SSSR count). The van der Waals surface area contributed by atoms with Gasteiger partial charge in [-0.3, -0.25) is 0 Å². The fourth-order valence-corrected chi connectivity index (χ4v) is 4.73. The Hall–Kier alpha value is -0.920. The van der Waals surface area contributed by atoms with Crippen LogP contribution < -0.4 is 0 Å². The van der Waals surface area contributed by atoms with Crippen LogP contribution in [-0.2, 0) is 33.2 Å². The summed E-state index contributed by atoms with van der Waals surface area (Å²) in [6, 6.07) is 0. The molecule has 1 aliphatic heterocycles. The third-order valence-electron chi connectivity index (χ3n) is 6.40. The van der Waals surface area contributed by atoms with E-state index in [0.717, 1.165) is 19.4 Å². The van der Waals surface area contributed by atoms with Crippen LogP contribution in [0.4, 0.5) is 0 Å². The van der Waals surface area contributed by atoms with E-state index in [1.807, 2.05) is 27.7 Å². The van der Waals surface area contributed by atoms with Crippen molar-refractivity contribution in [2.24, 2.45) is 11.8 Å². The average molecular weight is 655 g/mol. The summed E-state index contributed by atoms with van der Waals surface area (Å²) in [6.07, 6.45) is 0.253. The molecule has 0 radical (unpaired) electrons. The summed E-state index contributed by atoms with van der Waals surface area (Å²) >= 11 is 0. The van der Waals surface area contributed by atoms with Crippen molar-refractivity contribution in [2.75, 3.05) is 86.4 Å². The third kappa shape index (κ3) is 23.1. The van der Waals surface area contributed by atoms with E-state index in [-0.39, 0.29) is 84.4 Å². The van der Waals surface area contributed by atoms with Crippen LogP contribution in [0.3, 0.4) is 0 Å². The average Bonchev–Trinajstić information content (AvgIpc) is 2.99. The van der Waals surface area contributed by atoms with Crippen molar-refractivity contribution >= 4 is 0 Å². The Morgan fingerprint density at radius 3 is 1.42 bits per heavy atom. The molecule has 0 spiro atoms. The van der Waals surface area contributed by atoms with Gasteiger partial charge in [-0.2, -0.15) is 0 Å². The molecule has 0 aromatic heterocycles. The lowest BCUT2D eigenvalue weighted by Gasteiger charge is -2.40. The lowest BCUT2D eigenvalue weighted by Crippen LogP contribution is -2.55. The SMILES string of the molecule is CC(C)CC(C)(C#CC(C)(CC(C)C)OCCO)OCCO.CC1OCC(OCCO)C(OCCO)C1OCCO.CCOC. The molecule has 12 nitrogen and oxygen atoms in total. The molecular weight excluding hydrogens is 588 g/mol. The van der Waals surface area contributed by atoms with E-state index in [0.29, 0.717) is 18.4 Å². The Morgan fingerprint density at radius 2 is 1.07 bits per heavy atom. The van der Waals surface area contributed by atoms with Gasteiger partial charge in [0, 0.05) is 13.7 Å². The van der Waals surface area contributed by atoms with E-state index >= 15 is 0 Å². The van der Waals surface area contributed by atoms with Gasteiger partial charge in [-0.1, -0.05) is 39.5 Å². The van der Waals surface area contributed by atoms with Gasteiger partial charge in [0.25, 0.3) is 0 Å². The minimum Gasteiger partial charge on any atom is -0.394 e. The smallest absolute Gasteiger partial charge is 0.126 e. The quantitative estimate of drug-likeness (QED) is 0.121. The molecule has 1 saturated heterocycles. The maximum atomic E-state index is 9.00. The fourth-order valence-electron chi connectivity index (χ4n) is 4.73. The summed E-state index contributed by atoms with van der Waals surface area (Å²) in [5.41, 5.74) is -1.20. The molecule has 0 aliphatic carbocycles. The number of ether oxygens (including phenoxy) is 7. The largest absolute Gasteiger partial charge is 0.394 e. The van der Waals surface area contributed by atoms with Crippen molar-refractivity contribution in [1.82, 2.24) is 0 Å². The highest BCUT2D eigenvalue weighted by Gasteiger charge is 2.40. The molecule has 0 bridgehead atoms. The second-order valence-electron chi connectivity index (χ2n) is 11.9. The molecule has 1 fully saturated rings. The van der Waals surface area contributed by atoms with Gasteiger partial charge in [0.2, 0.25) is 0 Å². The van der Waals surface area contributed by atoms with Crippen molar-refractivity contribution in [3.05, 3.63) is 0 Å². The molecule has 270 valence electrons. The molecule has 1 heterocycles. The number of aliphatic hydroxyl groups excluding tert-OH is 5. The standard InChI is InChI=1S/C18H34O4.C12H24O7.C3H8O/c1-15(2)13-17(5,21-11-9-19)7-8-18(6,14-16(3)4)22-12-10-20;1-9-11(17-6-3-14)12(18-7-4-15)10(8-19-9)16-5-2-13;1-3-4-2/h15-16,19-20H,9-14H2,1-6H3;9-15H,2-8H2,1H3;3H2,1-2H3. The Bertz CT molecular complexity index is 692. The maximum Gasteiger partial charge on any atom is 0.126 e. The summed E-state index contributed by atoms with van der Waals surface area (Å²) < 4.78 is 38.2. The number of aliphatic hydroxyl groups is 5. The van der Waals surface area contributed by atoms with E-state index in [2.05, 4.69) is 44.3 Å². The lowest BCUT2D eigenvalue weighted by atomic mass is 9.90. The van der Waals surface area contributed by atoms with Gasteiger partial charge >= 0.3 is 0 Å². The molecule has 6 atom stereocenters. The molecule has 0 aromatic carbocycles. The Balaban J connectivity index is 0. The van der Waals surface area contributed by atoms with Gasteiger partial charge in [-0.05, 0) is 52.4 Å². The van der Waals surface area contributed by atoms with E-state index < -0.39 is 17.3 Å². The van der Waals surface area contributed by atoms with Gasteiger partial charge < -0.3 is 58.7 Å². The summed E-state index contributed by atoms with van der Waals surface area (Å²) in [4.78, 5) is 0. The van der Waals surface area contributed by atoms with Gasteiger partial charge in [-0.15, -0.1) is 0 Å². The Kier molecular flexibility index (Phi) is 28.9. The van der Waals surface area contributed by atoms with Crippen molar-refractivity contribution in [3.8, 4) is 11.8 Å². The first-order valence-electron chi connectivity index (χ1n) is 16.1. The van der Waals surface area contributed by atoms with E-state index in [9.17, 15) is 0 Å². The van der Waals surface area contributed by atoms with Crippen LogP contribution >= 0.6 is 0 Å². The van der Waals surface area contributed by atoms with E-state index in [1.54, 1.807) is 7.11 Å². The van der Waals surface area contributed by atoms with Gasteiger partial charge in [0.05, 0.1) is 78.8 Å². The Morgan fingerprint density at radius 1 is 0.689 bits per heavy atom. The molecular formula is C33H66O12. The number of methoxy groups -OCH3 is 1. The first-order chi connectivity index (χ1) is 21.3. The van der Waals surface area contributed by atoms with Crippen molar-refractivity contribution < 1.29 is 58.7 Å². The minimum absolute atomic E-state index is 0.0142. The normalized spacial score (nSPS) is 22.3. The molecule has 5 N–H and O–H groups in total. The predicted octanol–water partition coefficient (Wildman–Crippen LogP) is 1.81. The van der Waals surface area contributed by atoms with Gasteiger partial charge in [0.15, 0.2) is 0 Å². The molecule has 0 amide bonds. The molecule has 45 heavy (non-hydrogen) atoms. The summed E-state index contributed by atoms with van der Waals surface area (Å²) in [5.74, 6) is 7.33. The fraction of sp³-hybridized carbons (Fsp3) is 0.939. The van der Waals surface area contributed by atoms with E-state index in [4.69, 9.17) is 54.0 Å². The van der Waals surface area contributed by atoms with Crippen molar-refractivity contribution in [2.45, 2.75) is 104 Å². The van der Waals surface area contributed by atoms with Crippen LogP contribution in [0.25, 0.3) is 0 Å². The van der Waals surface area contributed by atoms with Crippen LogP contribution in [0.5, 0.6) is 0 Å². The molecule has 1 aliphatic rings. The second kappa shape index (κ2) is 28.1. The second-order valence-corrected chi connectivity index (χ2v) is 11.9. The van der Waals surface area contributed by atoms with Gasteiger partial charge in [0.1, 0.15) is 29.5 Å². The summed E-state index contributed by atoms with van der Waals surface area (Å²) in [7, 11) is 1.68. The zero-order valence-corrected chi connectivity index (χ0v) is 29.5. The van der Waals surface area contributed by atoms with Crippen LogP contribution in [0.1, 0.15) is 68.2 Å². The highest BCUT2D eigenvalue weighted by molar-refractivity contribution is 5.21. The molecule has 0 saturated carbocycles. The zero-order valence-electron chi connectivity index (χ0n) is 29.5. The third-order valence-corrected chi connectivity index (χ3v) is 6.40. The first kappa shape index (κ1) is 46.2. The van der Waals surface area contributed by atoms with Crippen LogP contribution in [0, 0.1) is 23.7 Å². The van der Waals surface area contributed by atoms with Crippen LogP contribution in [0.15, 0.2) is 0 Å².